The number of nitrogens with one attached hydrogen (secondary N) is 1. The molecule has 0 aromatic heterocycles. The van der Waals surface area contributed by atoms with Gasteiger partial charge in [0, 0.05) is 0 Å². The molecule has 2 atom stereocenters. The molecule has 0 amide bonds. The highest BCUT2D eigenvalue weighted by atomic mass is 16.5. The molecule has 0 radical (unpaired) electrons. The predicted molar refractivity (Wildman–Crippen MR) is 78.3 cm³/mol. The number of cyclic esters (lactones) is 1. The van der Waals surface area contributed by atoms with Crippen LogP contribution in [-0.4, -0.2) is 18.1 Å². The molecule has 2 aliphatic rings. The smallest absolute Gasteiger partial charge is 0.326 e. The van der Waals surface area contributed by atoms with Gasteiger partial charge in [-0.3, -0.25) is 10.1 Å². The Morgan fingerprint density at radius 1 is 1.25 bits per heavy atom. The molecule has 2 unspecified atom stereocenters. The number of esters is 1. The summed E-state index contributed by atoms with van der Waals surface area (Å²) in [4.78, 5) is 12.2. The number of ether oxygens (including phenoxy) is 1. The number of hydrogen-bond acceptors (Lipinski definition) is 3. The van der Waals surface area contributed by atoms with E-state index in [2.05, 4.69) is 17.4 Å². The van der Waals surface area contributed by atoms with E-state index in [-0.39, 0.29) is 12.0 Å². The molecule has 0 spiro atoms. The van der Waals surface area contributed by atoms with Crippen molar-refractivity contribution in [3.8, 4) is 0 Å². The first-order chi connectivity index (χ1) is 9.67. The predicted octanol–water partition coefficient (Wildman–Crippen LogP) is 3.21. The summed E-state index contributed by atoms with van der Waals surface area (Å²) < 4.78 is 5.47. The number of carbonyl (C=O) groups is 1. The van der Waals surface area contributed by atoms with Crippen molar-refractivity contribution in [2.45, 2.75) is 50.6 Å². The van der Waals surface area contributed by atoms with Crippen LogP contribution >= 0.6 is 0 Å². The Labute approximate surface area is 120 Å². The molecule has 3 heteroatoms. The third kappa shape index (κ3) is 2.73. The topological polar surface area (TPSA) is 38.3 Å². The summed E-state index contributed by atoms with van der Waals surface area (Å²) >= 11 is 0. The molecule has 3 rings (SSSR count). The maximum Gasteiger partial charge on any atom is 0.326 e. The lowest BCUT2D eigenvalue weighted by molar-refractivity contribution is -0.159. The van der Waals surface area contributed by atoms with Crippen LogP contribution in [0, 0.1) is 5.92 Å². The van der Waals surface area contributed by atoms with E-state index in [0.29, 0.717) is 12.5 Å². The van der Waals surface area contributed by atoms with Gasteiger partial charge in [0.2, 0.25) is 0 Å². The Balaban J connectivity index is 1.73. The summed E-state index contributed by atoms with van der Waals surface area (Å²) in [5, 5.41) is 3.55. The maximum atomic E-state index is 12.2. The zero-order chi connectivity index (χ0) is 14.0. The quantitative estimate of drug-likeness (QED) is 0.859. The van der Waals surface area contributed by atoms with Crippen molar-refractivity contribution in [1.82, 2.24) is 5.32 Å². The summed E-state index contributed by atoms with van der Waals surface area (Å²) in [6.07, 6.45) is 6.01. The van der Waals surface area contributed by atoms with Gasteiger partial charge >= 0.3 is 5.97 Å². The fourth-order valence-electron chi connectivity index (χ4n) is 3.60. The number of carbonyl (C=O) groups excluding carboxylic acids is 1. The normalized spacial score (nSPS) is 31.2. The van der Waals surface area contributed by atoms with Crippen molar-refractivity contribution in [2.24, 2.45) is 5.92 Å². The van der Waals surface area contributed by atoms with Gasteiger partial charge in [0.05, 0.1) is 6.04 Å². The number of rotatable bonds is 3. The fourth-order valence-corrected chi connectivity index (χ4v) is 3.60. The van der Waals surface area contributed by atoms with Crippen molar-refractivity contribution in [2.75, 3.05) is 6.61 Å². The van der Waals surface area contributed by atoms with Crippen molar-refractivity contribution < 1.29 is 9.53 Å². The van der Waals surface area contributed by atoms with E-state index < -0.39 is 5.54 Å². The van der Waals surface area contributed by atoms with E-state index >= 15 is 0 Å². The lowest BCUT2D eigenvalue weighted by Gasteiger charge is -2.39. The Morgan fingerprint density at radius 2 is 1.95 bits per heavy atom. The molecule has 3 nitrogen and oxygen atoms in total. The largest absolute Gasteiger partial charge is 0.462 e. The van der Waals surface area contributed by atoms with E-state index in [4.69, 9.17) is 4.74 Å². The Bertz CT molecular complexity index is 467. The van der Waals surface area contributed by atoms with Gasteiger partial charge in [-0.25, -0.2) is 0 Å². The van der Waals surface area contributed by atoms with Crippen molar-refractivity contribution in [3.63, 3.8) is 0 Å². The molecule has 108 valence electrons. The van der Waals surface area contributed by atoms with Crippen molar-refractivity contribution >= 4 is 5.97 Å². The Morgan fingerprint density at radius 3 is 2.65 bits per heavy atom. The number of morpholine rings is 1. The molecule has 1 heterocycles. The molecule has 1 aliphatic carbocycles. The molecule has 1 N–H and O–H groups in total. The number of benzene rings is 1. The SMILES string of the molecule is CC1(CC2CCCC2)NC(c2ccccc2)COC1=O. The second-order valence-electron chi connectivity index (χ2n) is 6.39. The van der Waals surface area contributed by atoms with Gasteiger partial charge in [-0.1, -0.05) is 56.0 Å². The summed E-state index contributed by atoms with van der Waals surface area (Å²) in [5.41, 5.74) is 0.658. The van der Waals surface area contributed by atoms with Crippen LogP contribution in [0.2, 0.25) is 0 Å². The first kappa shape index (κ1) is 13.6. The lowest BCUT2D eigenvalue weighted by Crippen LogP contribution is -2.57. The zero-order valence-electron chi connectivity index (χ0n) is 12.1. The molecule has 1 saturated heterocycles. The van der Waals surface area contributed by atoms with Crippen LogP contribution in [0.3, 0.4) is 0 Å². The highest BCUT2D eigenvalue weighted by molar-refractivity contribution is 5.81. The van der Waals surface area contributed by atoms with Gasteiger partial charge in [0.1, 0.15) is 12.1 Å². The summed E-state index contributed by atoms with van der Waals surface area (Å²) in [6, 6.07) is 10.4. The minimum absolute atomic E-state index is 0.0865. The van der Waals surface area contributed by atoms with Gasteiger partial charge < -0.3 is 4.74 Å². The van der Waals surface area contributed by atoms with Crippen molar-refractivity contribution in [3.05, 3.63) is 35.9 Å². The Hall–Kier alpha value is -1.35. The third-order valence-electron chi connectivity index (χ3n) is 4.70. The summed E-state index contributed by atoms with van der Waals surface area (Å²) in [6.45, 7) is 2.44. The average molecular weight is 273 g/mol. The van der Waals surface area contributed by atoms with Crippen molar-refractivity contribution in [1.29, 1.82) is 0 Å². The standard InChI is InChI=1S/C17H23NO2/c1-17(11-13-7-5-6-8-13)16(19)20-12-15(18-17)14-9-3-2-4-10-14/h2-4,9-10,13,15,18H,5-8,11-12H2,1H3. The van der Waals surface area contributed by atoms with E-state index in [0.717, 1.165) is 6.42 Å². The van der Waals surface area contributed by atoms with Gasteiger partial charge in [-0.05, 0) is 24.8 Å². The Kier molecular flexibility index (Phi) is 3.79. The van der Waals surface area contributed by atoms with Crippen LogP contribution in [-0.2, 0) is 9.53 Å². The minimum atomic E-state index is -0.534. The monoisotopic (exact) mass is 273 g/mol. The van der Waals surface area contributed by atoms with Gasteiger partial charge in [-0.2, -0.15) is 0 Å². The molecule has 20 heavy (non-hydrogen) atoms. The highest BCUT2D eigenvalue weighted by Crippen LogP contribution is 2.35. The van der Waals surface area contributed by atoms with E-state index in [9.17, 15) is 4.79 Å². The molecule has 1 aromatic rings. The van der Waals surface area contributed by atoms with Gasteiger partial charge in [0.25, 0.3) is 0 Å². The van der Waals surface area contributed by atoms with E-state index in [1.54, 1.807) is 0 Å². The molecule has 1 saturated carbocycles. The highest BCUT2D eigenvalue weighted by Gasteiger charge is 2.43. The summed E-state index contributed by atoms with van der Waals surface area (Å²) in [7, 11) is 0. The third-order valence-corrected chi connectivity index (χ3v) is 4.70. The minimum Gasteiger partial charge on any atom is -0.462 e. The second kappa shape index (κ2) is 5.57. The molecule has 1 aliphatic heterocycles. The second-order valence-corrected chi connectivity index (χ2v) is 6.39. The van der Waals surface area contributed by atoms with Crippen LogP contribution in [0.4, 0.5) is 0 Å². The maximum absolute atomic E-state index is 12.2. The molecule has 1 aromatic carbocycles. The lowest BCUT2D eigenvalue weighted by atomic mass is 9.85. The molecular formula is C17H23NO2. The van der Waals surface area contributed by atoms with Crippen LogP contribution in [0.15, 0.2) is 30.3 Å². The first-order valence-corrected chi connectivity index (χ1v) is 7.67. The first-order valence-electron chi connectivity index (χ1n) is 7.67. The number of hydrogen-bond donors (Lipinski definition) is 1. The van der Waals surface area contributed by atoms with E-state index in [1.165, 1.54) is 31.2 Å². The van der Waals surface area contributed by atoms with Crippen LogP contribution in [0.1, 0.15) is 50.6 Å². The summed E-state index contributed by atoms with van der Waals surface area (Å²) in [5.74, 6) is 0.575. The zero-order valence-corrected chi connectivity index (χ0v) is 12.1. The van der Waals surface area contributed by atoms with Crippen LogP contribution < -0.4 is 5.32 Å². The van der Waals surface area contributed by atoms with Gasteiger partial charge in [-0.15, -0.1) is 0 Å². The molecule has 2 fully saturated rings. The van der Waals surface area contributed by atoms with Crippen LogP contribution in [0.25, 0.3) is 0 Å². The molecule has 0 bridgehead atoms. The van der Waals surface area contributed by atoms with Gasteiger partial charge in [0.15, 0.2) is 0 Å². The molecular weight excluding hydrogens is 250 g/mol. The fraction of sp³-hybridized carbons (Fsp3) is 0.588. The average Bonchev–Trinajstić information content (AvgIpc) is 2.96. The van der Waals surface area contributed by atoms with Crippen LogP contribution in [0.5, 0.6) is 0 Å². The van der Waals surface area contributed by atoms with E-state index in [1.807, 2.05) is 25.1 Å².